The Labute approximate surface area is 295 Å². The third-order valence-corrected chi connectivity index (χ3v) is 11.6. The van der Waals surface area contributed by atoms with E-state index in [1.807, 2.05) is 54.6 Å². The highest BCUT2D eigenvalue weighted by Crippen LogP contribution is 2.40. The lowest BCUT2D eigenvalue weighted by molar-refractivity contribution is -0.172. The summed E-state index contributed by atoms with van der Waals surface area (Å²) >= 11 is 0. The third kappa shape index (κ3) is 5.82. The average Bonchev–Trinajstić information content (AvgIpc) is 3.53. The summed E-state index contributed by atoms with van der Waals surface area (Å²) in [6, 6.07) is 27.7. The number of cyclic esters (lactones) is 1. The van der Waals surface area contributed by atoms with E-state index in [-0.39, 0.29) is 23.5 Å². The predicted octanol–water partition coefficient (Wildman–Crippen LogP) is 4.23. The van der Waals surface area contributed by atoms with E-state index in [1.165, 1.54) is 0 Å². The van der Waals surface area contributed by atoms with Crippen molar-refractivity contribution in [2.24, 2.45) is 4.40 Å². The second-order valence-electron chi connectivity index (χ2n) is 13.3. The maximum absolute atomic E-state index is 13.9. The minimum Gasteiger partial charge on any atom is -0.458 e. The molecule has 1 fully saturated rings. The van der Waals surface area contributed by atoms with Crippen LogP contribution in [-0.2, 0) is 51.3 Å². The highest BCUT2D eigenvalue weighted by molar-refractivity contribution is 7.90. The summed E-state index contributed by atoms with van der Waals surface area (Å²) in [5.74, 6) is -0.241. The van der Waals surface area contributed by atoms with E-state index in [9.17, 15) is 23.1 Å². The molecule has 2 aromatic heterocycles. The fraction of sp³-hybridized carbons (Fsp3) is 0.282. The van der Waals surface area contributed by atoms with Crippen molar-refractivity contribution in [3.8, 4) is 11.4 Å². The van der Waals surface area contributed by atoms with E-state index < -0.39 is 21.6 Å². The molecule has 0 radical (unpaired) electrons. The van der Waals surface area contributed by atoms with Gasteiger partial charge in [-0.25, -0.2) is 9.78 Å². The summed E-state index contributed by atoms with van der Waals surface area (Å²) in [6.07, 6.45) is 0.461. The number of carbonyl (C=O) groups excluding carboxylic acids is 1. The van der Waals surface area contributed by atoms with Gasteiger partial charge < -0.3 is 19.3 Å². The van der Waals surface area contributed by atoms with Gasteiger partial charge in [0.05, 0.1) is 33.9 Å². The van der Waals surface area contributed by atoms with Crippen LogP contribution in [-0.4, -0.2) is 70.9 Å². The Morgan fingerprint density at radius 3 is 2.33 bits per heavy atom. The fourth-order valence-corrected chi connectivity index (χ4v) is 8.51. The number of amidine groups is 1. The molecular weight excluding hydrogens is 667 g/mol. The normalized spacial score (nSPS) is 19.1. The number of sulfonamides is 1. The Bertz CT molecular complexity index is 2370. The highest BCUT2D eigenvalue weighted by Gasteiger charge is 2.45. The summed E-state index contributed by atoms with van der Waals surface area (Å²) in [6.45, 7) is 4.90. The minimum atomic E-state index is -3.91. The molecule has 3 aromatic carbocycles. The van der Waals surface area contributed by atoms with Crippen LogP contribution in [0.15, 0.2) is 105 Å². The molecule has 5 heterocycles. The molecule has 3 aliphatic heterocycles. The molecule has 0 bridgehead atoms. The molecule has 0 aliphatic carbocycles. The number of rotatable bonds is 7. The van der Waals surface area contributed by atoms with Crippen LogP contribution in [0.2, 0.25) is 0 Å². The van der Waals surface area contributed by atoms with Gasteiger partial charge in [-0.05, 0) is 41.8 Å². The summed E-state index contributed by atoms with van der Waals surface area (Å²) < 4.78 is 38.1. The van der Waals surface area contributed by atoms with Crippen molar-refractivity contribution < 1.29 is 23.1 Å². The van der Waals surface area contributed by atoms with Crippen molar-refractivity contribution in [2.75, 3.05) is 26.2 Å². The van der Waals surface area contributed by atoms with Gasteiger partial charge in [0.2, 0.25) is 0 Å². The maximum atomic E-state index is 13.9. The van der Waals surface area contributed by atoms with Gasteiger partial charge in [0.15, 0.2) is 5.60 Å². The van der Waals surface area contributed by atoms with Crippen molar-refractivity contribution >= 4 is 32.7 Å². The van der Waals surface area contributed by atoms with Crippen molar-refractivity contribution in [2.45, 2.75) is 50.0 Å². The lowest BCUT2D eigenvalue weighted by Crippen LogP contribution is -2.49. The number of benzene rings is 3. The lowest BCUT2D eigenvalue weighted by atomic mass is 9.86. The summed E-state index contributed by atoms with van der Waals surface area (Å²) in [5.41, 5.74) is 3.41. The fourth-order valence-electron chi connectivity index (χ4n) is 7.45. The van der Waals surface area contributed by atoms with Crippen molar-refractivity contribution in [3.63, 3.8) is 0 Å². The molecule has 12 heteroatoms. The standard InChI is InChI=1S/C39H37N5O6S/c1-2-39(47)32-22-34-36-30(24-44(34)37(45)31(32)25-50-38(39)46)29(28-15-9-10-16-33(28)40-36)23-42-17-19-43(20-18-42)35(21-26-11-5-3-6-12-26)41-51(48,49)27-13-7-4-8-14-27/h3-16,22,47H,2,17-21,23-25H2,1H3/t39-/m0/s1. The zero-order chi connectivity index (χ0) is 35.3. The molecule has 0 amide bonds. The molecule has 51 heavy (non-hydrogen) atoms. The third-order valence-electron chi connectivity index (χ3n) is 10.3. The summed E-state index contributed by atoms with van der Waals surface area (Å²) in [7, 11) is -3.91. The molecule has 0 saturated carbocycles. The maximum Gasteiger partial charge on any atom is 0.343 e. The number of hydrogen-bond acceptors (Lipinski definition) is 8. The number of para-hydroxylation sites is 1. The van der Waals surface area contributed by atoms with Crippen LogP contribution in [0.5, 0.6) is 0 Å². The lowest BCUT2D eigenvalue weighted by Gasteiger charge is -2.37. The summed E-state index contributed by atoms with van der Waals surface area (Å²) in [5, 5.41) is 12.3. The second-order valence-corrected chi connectivity index (χ2v) is 14.9. The van der Waals surface area contributed by atoms with Crippen molar-refractivity contribution in [1.29, 1.82) is 0 Å². The Kier molecular flexibility index (Phi) is 8.32. The van der Waals surface area contributed by atoms with Gasteiger partial charge in [-0.1, -0.05) is 73.7 Å². The van der Waals surface area contributed by atoms with Crippen LogP contribution in [0, 0.1) is 0 Å². The van der Waals surface area contributed by atoms with Crippen LogP contribution < -0.4 is 5.56 Å². The van der Waals surface area contributed by atoms with Gasteiger partial charge in [-0.15, -0.1) is 4.40 Å². The zero-order valence-corrected chi connectivity index (χ0v) is 29.0. The number of aliphatic hydroxyl groups is 1. The van der Waals surface area contributed by atoms with Crippen LogP contribution >= 0.6 is 0 Å². The number of pyridine rings is 2. The SMILES string of the molecule is CC[C@@]1(O)C(=O)OCc2c1cc1n(c2=O)Cc2c-1nc1ccccc1c2CN1CCN(C(Cc2ccccc2)=NS(=O)(=O)c2ccccc2)CC1. The van der Waals surface area contributed by atoms with Gasteiger partial charge in [-0.3, -0.25) is 9.69 Å². The van der Waals surface area contributed by atoms with E-state index in [0.717, 1.165) is 27.6 Å². The van der Waals surface area contributed by atoms with Crippen LogP contribution in [0.4, 0.5) is 0 Å². The molecule has 8 rings (SSSR count). The molecule has 11 nitrogen and oxygen atoms in total. The van der Waals surface area contributed by atoms with Crippen LogP contribution in [0.25, 0.3) is 22.3 Å². The molecule has 0 unspecified atom stereocenters. The number of nitrogens with zero attached hydrogens (tertiary/aromatic N) is 5. The monoisotopic (exact) mass is 703 g/mol. The van der Waals surface area contributed by atoms with Gasteiger partial charge in [0.1, 0.15) is 12.4 Å². The zero-order valence-electron chi connectivity index (χ0n) is 28.2. The average molecular weight is 704 g/mol. The van der Waals surface area contributed by atoms with E-state index in [2.05, 4.69) is 14.2 Å². The van der Waals surface area contributed by atoms with Gasteiger partial charge in [-0.2, -0.15) is 8.42 Å². The van der Waals surface area contributed by atoms with E-state index in [0.29, 0.717) is 74.0 Å². The Balaban J connectivity index is 1.11. The van der Waals surface area contributed by atoms with Crippen LogP contribution in [0.3, 0.4) is 0 Å². The second kappa shape index (κ2) is 12.9. The molecule has 1 saturated heterocycles. The van der Waals surface area contributed by atoms with Gasteiger partial charge in [0, 0.05) is 55.7 Å². The molecule has 1 N–H and O–H groups in total. The van der Waals surface area contributed by atoms with Crippen molar-refractivity contribution in [1.82, 2.24) is 19.4 Å². The Morgan fingerprint density at radius 2 is 1.61 bits per heavy atom. The molecule has 0 spiro atoms. The van der Waals surface area contributed by atoms with Crippen molar-refractivity contribution in [3.05, 3.63) is 129 Å². The number of carbonyl (C=O) groups is 1. The first-order valence-electron chi connectivity index (χ1n) is 17.1. The van der Waals surface area contributed by atoms with E-state index >= 15 is 0 Å². The van der Waals surface area contributed by atoms with E-state index in [4.69, 9.17) is 9.72 Å². The van der Waals surface area contributed by atoms with Crippen LogP contribution in [0.1, 0.15) is 41.2 Å². The first-order chi connectivity index (χ1) is 24.7. The van der Waals surface area contributed by atoms with E-state index in [1.54, 1.807) is 47.9 Å². The highest BCUT2D eigenvalue weighted by atomic mass is 32.2. The first kappa shape index (κ1) is 33.0. The Morgan fingerprint density at radius 1 is 0.922 bits per heavy atom. The number of piperazine rings is 1. The number of fused-ring (bicyclic) bond motifs is 5. The first-order valence-corrected chi connectivity index (χ1v) is 18.6. The van der Waals surface area contributed by atoms with Gasteiger partial charge >= 0.3 is 5.97 Å². The molecular formula is C39H37N5O6S. The largest absolute Gasteiger partial charge is 0.458 e. The Hall–Kier alpha value is -5.17. The molecule has 1 atom stereocenters. The summed E-state index contributed by atoms with van der Waals surface area (Å²) in [4.78, 5) is 36.1. The molecule has 3 aliphatic rings. The molecule has 5 aromatic rings. The topological polar surface area (TPSA) is 134 Å². The number of aromatic nitrogens is 2. The number of ether oxygens (including phenoxy) is 1. The number of hydrogen-bond donors (Lipinski definition) is 1. The molecule has 260 valence electrons. The quantitative estimate of drug-likeness (QED) is 0.147. The van der Waals surface area contributed by atoms with Gasteiger partial charge in [0.25, 0.3) is 15.6 Å². The predicted molar refractivity (Wildman–Crippen MR) is 193 cm³/mol. The minimum absolute atomic E-state index is 0.0763. The number of esters is 1. The smallest absolute Gasteiger partial charge is 0.343 e.